The van der Waals surface area contributed by atoms with Crippen molar-refractivity contribution in [2.45, 2.75) is 26.8 Å². The molecule has 2 N–H and O–H groups in total. The van der Waals surface area contributed by atoms with E-state index in [0.29, 0.717) is 12.5 Å². The highest BCUT2D eigenvalue weighted by Crippen LogP contribution is 2.14. The second-order valence-corrected chi connectivity index (χ2v) is 3.92. The molecule has 0 spiro atoms. The normalized spacial score (nSPS) is 12.5. The summed E-state index contributed by atoms with van der Waals surface area (Å²) >= 11 is 0. The Labute approximate surface area is 91.5 Å². The van der Waals surface area contributed by atoms with Crippen LogP contribution in [0, 0.1) is 5.92 Å². The summed E-state index contributed by atoms with van der Waals surface area (Å²) in [5, 5.41) is 0. The number of hydrogen-bond acceptors (Lipinski definition) is 4. The highest BCUT2D eigenvalue weighted by atomic mass is 15.2. The number of rotatable bonds is 5. The second kappa shape index (κ2) is 5.66. The van der Waals surface area contributed by atoms with Crippen molar-refractivity contribution in [1.29, 1.82) is 0 Å². The highest BCUT2D eigenvalue weighted by molar-refractivity contribution is 5.41. The standard InChI is InChI=1S/C11H20N4/c1-4-9(2)8-15(3)11-10(7-12)13-5-6-14-11/h5-6,9H,4,7-8,12H2,1-3H3. The number of anilines is 1. The second-order valence-electron chi connectivity index (χ2n) is 3.92. The lowest BCUT2D eigenvalue weighted by Crippen LogP contribution is -2.26. The fourth-order valence-electron chi connectivity index (χ4n) is 1.51. The first-order valence-electron chi connectivity index (χ1n) is 5.40. The minimum Gasteiger partial charge on any atom is -0.358 e. The maximum Gasteiger partial charge on any atom is 0.151 e. The lowest BCUT2D eigenvalue weighted by Gasteiger charge is -2.22. The molecule has 0 saturated carbocycles. The first-order chi connectivity index (χ1) is 7.19. The van der Waals surface area contributed by atoms with Gasteiger partial charge >= 0.3 is 0 Å². The van der Waals surface area contributed by atoms with Crippen LogP contribution >= 0.6 is 0 Å². The Morgan fingerprint density at radius 3 is 2.67 bits per heavy atom. The van der Waals surface area contributed by atoms with Gasteiger partial charge in [-0.3, -0.25) is 4.98 Å². The minimum atomic E-state index is 0.439. The molecular weight excluding hydrogens is 188 g/mol. The Morgan fingerprint density at radius 1 is 1.40 bits per heavy atom. The number of nitrogens with zero attached hydrogens (tertiary/aromatic N) is 3. The van der Waals surface area contributed by atoms with Crippen molar-refractivity contribution in [2.24, 2.45) is 11.7 Å². The Balaban J connectivity index is 2.76. The van der Waals surface area contributed by atoms with Crippen LogP contribution in [0.2, 0.25) is 0 Å². The molecule has 1 unspecified atom stereocenters. The van der Waals surface area contributed by atoms with E-state index >= 15 is 0 Å². The molecule has 1 aromatic rings. The van der Waals surface area contributed by atoms with E-state index in [1.165, 1.54) is 6.42 Å². The minimum absolute atomic E-state index is 0.439. The Morgan fingerprint density at radius 2 is 2.07 bits per heavy atom. The van der Waals surface area contributed by atoms with E-state index in [2.05, 4.69) is 28.7 Å². The van der Waals surface area contributed by atoms with Crippen molar-refractivity contribution in [3.8, 4) is 0 Å². The van der Waals surface area contributed by atoms with Gasteiger partial charge in [0, 0.05) is 32.5 Å². The van der Waals surface area contributed by atoms with Gasteiger partial charge in [0.1, 0.15) is 0 Å². The van der Waals surface area contributed by atoms with E-state index < -0.39 is 0 Å². The van der Waals surface area contributed by atoms with Gasteiger partial charge in [-0.25, -0.2) is 4.98 Å². The predicted octanol–water partition coefficient (Wildman–Crippen LogP) is 1.42. The van der Waals surface area contributed by atoms with Gasteiger partial charge in [-0.2, -0.15) is 0 Å². The summed E-state index contributed by atoms with van der Waals surface area (Å²) in [6.07, 6.45) is 4.56. The quantitative estimate of drug-likeness (QED) is 0.795. The van der Waals surface area contributed by atoms with E-state index in [1.807, 2.05) is 7.05 Å². The maximum atomic E-state index is 5.62. The SMILES string of the molecule is CCC(C)CN(C)c1nccnc1CN. The van der Waals surface area contributed by atoms with Gasteiger partial charge in [0.2, 0.25) is 0 Å². The van der Waals surface area contributed by atoms with Gasteiger partial charge < -0.3 is 10.6 Å². The molecule has 0 aliphatic rings. The monoisotopic (exact) mass is 208 g/mol. The van der Waals surface area contributed by atoms with Crippen LogP contribution in [0.4, 0.5) is 5.82 Å². The molecule has 0 aliphatic carbocycles. The van der Waals surface area contributed by atoms with E-state index in [0.717, 1.165) is 18.1 Å². The molecule has 4 heteroatoms. The number of nitrogens with two attached hydrogens (primary N) is 1. The topological polar surface area (TPSA) is 55.0 Å². The molecule has 0 amide bonds. The van der Waals surface area contributed by atoms with E-state index in [1.54, 1.807) is 12.4 Å². The van der Waals surface area contributed by atoms with Crippen LogP contribution in [0.25, 0.3) is 0 Å². The zero-order valence-corrected chi connectivity index (χ0v) is 9.77. The molecule has 1 atom stereocenters. The Bertz CT molecular complexity index is 300. The Kier molecular flexibility index (Phi) is 4.49. The summed E-state index contributed by atoms with van der Waals surface area (Å²) in [7, 11) is 2.04. The van der Waals surface area contributed by atoms with E-state index in [9.17, 15) is 0 Å². The predicted molar refractivity (Wildman–Crippen MR) is 62.6 cm³/mol. The molecule has 1 heterocycles. The van der Waals surface area contributed by atoms with Gasteiger partial charge in [-0.05, 0) is 5.92 Å². The molecule has 84 valence electrons. The van der Waals surface area contributed by atoms with Gasteiger partial charge in [0.05, 0.1) is 5.69 Å². The van der Waals surface area contributed by atoms with Crippen molar-refractivity contribution < 1.29 is 0 Å². The highest BCUT2D eigenvalue weighted by Gasteiger charge is 2.10. The summed E-state index contributed by atoms with van der Waals surface area (Å²) in [4.78, 5) is 10.7. The molecule has 0 bridgehead atoms. The average Bonchev–Trinajstić information content (AvgIpc) is 2.28. The molecule has 4 nitrogen and oxygen atoms in total. The van der Waals surface area contributed by atoms with Crippen molar-refractivity contribution in [3.05, 3.63) is 18.1 Å². The van der Waals surface area contributed by atoms with Crippen LogP contribution in [-0.2, 0) is 6.54 Å². The smallest absolute Gasteiger partial charge is 0.151 e. The molecule has 0 fully saturated rings. The van der Waals surface area contributed by atoms with Crippen molar-refractivity contribution in [3.63, 3.8) is 0 Å². The number of hydrogen-bond donors (Lipinski definition) is 1. The first-order valence-corrected chi connectivity index (χ1v) is 5.40. The molecular formula is C11H20N4. The van der Waals surface area contributed by atoms with Crippen LogP contribution in [-0.4, -0.2) is 23.6 Å². The van der Waals surface area contributed by atoms with Crippen LogP contribution in [0.3, 0.4) is 0 Å². The molecule has 0 aliphatic heterocycles. The third-order valence-electron chi connectivity index (χ3n) is 2.59. The van der Waals surface area contributed by atoms with E-state index in [4.69, 9.17) is 5.73 Å². The first kappa shape index (κ1) is 11.9. The Hall–Kier alpha value is -1.16. The van der Waals surface area contributed by atoms with Crippen molar-refractivity contribution >= 4 is 5.82 Å². The molecule has 0 saturated heterocycles. The third kappa shape index (κ3) is 3.16. The van der Waals surface area contributed by atoms with Crippen LogP contribution < -0.4 is 10.6 Å². The lowest BCUT2D eigenvalue weighted by atomic mass is 10.1. The molecule has 0 radical (unpaired) electrons. The number of aromatic nitrogens is 2. The van der Waals surface area contributed by atoms with Gasteiger partial charge in [-0.1, -0.05) is 20.3 Å². The van der Waals surface area contributed by atoms with Crippen LogP contribution in [0.1, 0.15) is 26.0 Å². The average molecular weight is 208 g/mol. The van der Waals surface area contributed by atoms with Gasteiger partial charge in [0.25, 0.3) is 0 Å². The largest absolute Gasteiger partial charge is 0.358 e. The van der Waals surface area contributed by atoms with Crippen molar-refractivity contribution in [1.82, 2.24) is 9.97 Å². The summed E-state index contributed by atoms with van der Waals surface area (Å²) in [5.74, 6) is 1.56. The fourth-order valence-corrected chi connectivity index (χ4v) is 1.51. The zero-order valence-electron chi connectivity index (χ0n) is 9.77. The summed E-state index contributed by atoms with van der Waals surface area (Å²) in [5.41, 5.74) is 6.49. The van der Waals surface area contributed by atoms with Gasteiger partial charge in [0.15, 0.2) is 5.82 Å². The van der Waals surface area contributed by atoms with Crippen LogP contribution in [0.5, 0.6) is 0 Å². The zero-order chi connectivity index (χ0) is 11.3. The third-order valence-corrected chi connectivity index (χ3v) is 2.59. The molecule has 1 aromatic heterocycles. The summed E-state index contributed by atoms with van der Waals surface area (Å²) in [6.45, 7) is 5.85. The fraction of sp³-hybridized carbons (Fsp3) is 0.636. The van der Waals surface area contributed by atoms with Crippen molar-refractivity contribution in [2.75, 3.05) is 18.5 Å². The van der Waals surface area contributed by atoms with Crippen LogP contribution in [0.15, 0.2) is 12.4 Å². The summed E-state index contributed by atoms with van der Waals surface area (Å²) in [6, 6.07) is 0. The molecule has 1 rings (SSSR count). The van der Waals surface area contributed by atoms with Gasteiger partial charge in [-0.15, -0.1) is 0 Å². The van der Waals surface area contributed by atoms with E-state index in [-0.39, 0.29) is 0 Å². The molecule has 15 heavy (non-hydrogen) atoms. The lowest BCUT2D eigenvalue weighted by molar-refractivity contribution is 0.556. The maximum absolute atomic E-state index is 5.62. The summed E-state index contributed by atoms with van der Waals surface area (Å²) < 4.78 is 0. The molecule has 0 aromatic carbocycles.